The minimum atomic E-state index is -0.122. The van der Waals surface area contributed by atoms with Gasteiger partial charge in [-0.2, -0.15) is 5.10 Å². The maximum Gasteiger partial charge on any atom is 0.275 e. The molecule has 0 fully saturated rings. The van der Waals surface area contributed by atoms with E-state index in [0.717, 1.165) is 15.9 Å². The zero-order valence-electron chi connectivity index (χ0n) is 11.0. The van der Waals surface area contributed by atoms with Crippen molar-refractivity contribution in [2.24, 2.45) is 0 Å². The second-order valence-corrected chi connectivity index (χ2v) is 6.11. The van der Waals surface area contributed by atoms with Gasteiger partial charge in [-0.15, -0.1) is 11.3 Å². The van der Waals surface area contributed by atoms with Crippen LogP contribution in [0.2, 0.25) is 0 Å². The van der Waals surface area contributed by atoms with Gasteiger partial charge >= 0.3 is 0 Å². The van der Waals surface area contributed by atoms with Gasteiger partial charge in [-0.3, -0.25) is 9.89 Å². The first kappa shape index (κ1) is 14.2. The molecule has 0 radical (unpaired) electrons. The van der Waals surface area contributed by atoms with Crippen LogP contribution in [-0.4, -0.2) is 33.0 Å². The molecule has 7 heteroatoms. The Morgan fingerprint density at radius 1 is 1.58 bits per heavy atom. The van der Waals surface area contributed by atoms with Crippen LogP contribution in [0.5, 0.6) is 0 Å². The van der Waals surface area contributed by atoms with Crippen molar-refractivity contribution < 1.29 is 4.79 Å². The van der Waals surface area contributed by atoms with Crippen LogP contribution in [-0.2, 0) is 6.54 Å². The topological polar surface area (TPSA) is 61.9 Å². The van der Waals surface area contributed by atoms with Crippen LogP contribution in [0, 0.1) is 0 Å². The van der Waals surface area contributed by atoms with Crippen LogP contribution in [0.3, 0.4) is 0 Å². The van der Waals surface area contributed by atoms with Crippen molar-refractivity contribution in [1.29, 1.82) is 0 Å². The highest BCUT2D eigenvalue weighted by atomic mass is 79.9. The van der Waals surface area contributed by atoms with E-state index in [2.05, 4.69) is 31.1 Å². The Bertz CT molecular complexity index is 564. The van der Waals surface area contributed by atoms with Gasteiger partial charge in [0.2, 0.25) is 0 Å². The monoisotopic (exact) mass is 342 g/mol. The lowest BCUT2D eigenvalue weighted by molar-refractivity contribution is 0.0777. The largest absolute Gasteiger partial charge is 0.334 e. The van der Waals surface area contributed by atoms with Gasteiger partial charge in [-0.1, -0.05) is 13.8 Å². The number of hydrogen-bond donors (Lipinski definition) is 1. The number of rotatable bonds is 4. The molecule has 1 N–H and O–H groups in total. The fraction of sp³-hybridized carbons (Fsp3) is 0.417. The van der Waals surface area contributed by atoms with Crippen molar-refractivity contribution in [2.45, 2.75) is 26.3 Å². The van der Waals surface area contributed by atoms with E-state index in [9.17, 15) is 4.79 Å². The summed E-state index contributed by atoms with van der Waals surface area (Å²) < 4.78 is 0.748. The smallest absolute Gasteiger partial charge is 0.275 e. The molecule has 0 unspecified atom stereocenters. The predicted molar refractivity (Wildman–Crippen MR) is 78.3 cm³/mol. The summed E-state index contributed by atoms with van der Waals surface area (Å²) in [4.78, 5) is 18.1. The highest BCUT2D eigenvalue weighted by Gasteiger charge is 2.22. The second-order valence-electron chi connectivity index (χ2n) is 4.60. The number of nitrogens with one attached hydrogen (secondary N) is 1. The summed E-state index contributed by atoms with van der Waals surface area (Å²) in [5.74, 6) is 0.162. The van der Waals surface area contributed by atoms with Gasteiger partial charge in [-0.05, 0) is 21.8 Å². The summed E-state index contributed by atoms with van der Waals surface area (Å²) in [6, 6.07) is 0. The highest BCUT2D eigenvalue weighted by Crippen LogP contribution is 2.26. The van der Waals surface area contributed by atoms with Crippen molar-refractivity contribution in [3.8, 4) is 0 Å². The molecule has 0 aliphatic heterocycles. The molecule has 2 aromatic heterocycles. The summed E-state index contributed by atoms with van der Waals surface area (Å²) in [5, 5.41) is 8.95. The van der Waals surface area contributed by atoms with Crippen LogP contribution in [0.1, 0.15) is 41.6 Å². The molecular weight excluding hydrogens is 328 g/mol. The molecule has 1 amide bonds. The summed E-state index contributed by atoms with van der Waals surface area (Å²) in [7, 11) is 1.75. The molecular formula is C12H15BrN4OS. The van der Waals surface area contributed by atoms with E-state index >= 15 is 0 Å². The van der Waals surface area contributed by atoms with Crippen LogP contribution in [0.4, 0.5) is 0 Å². The van der Waals surface area contributed by atoms with E-state index in [1.807, 2.05) is 19.2 Å². The number of halogens is 1. The van der Waals surface area contributed by atoms with Gasteiger partial charge in [0.15, 0.2) is 5.69 Å². The third-order valence-electron chi connectivity index (χ3n) is 2.74. The maximum absolute atomic E-state index is 12.3. The fourth-order valence-electron chi connectivity index (χ4n) is 1.68. The number of thiazole rings is 1. The molecule has 5 nitrogen and oxygen atoms in total. The van der Waals surface area contributed by atoms with Gasteiger partial charge in [0.25, 0.3) is 5.91 Å². The van der Waals surface area contributed by atoms with Crippen molar-refractivity contribution in [3.05, 3.63) is 32.4 Å². The number of amides is 1. The summed E-state index contributed by atoms with van der Waals surface area (Å²) in [6.07, 6.45) is 0. The number of aromatic amines is 1. The molecule has 0 aliphatic carbocycles. The number of carbonyl (C=O) groups is 1. The number of aromatic nitrogens is 3. The van der Waals surface area contributed by atoms with E-state index in [-0.39, 0.29) is 11.8 Å². The molecule has 0 aliphatic rings. The lowest BCUT2D eigenvalue weighted by atomic mass is 10.1. The van der Waals surface area contributed by atoms with E-state index in [4.69, 9.17) is 0 Å². The summed E-state index contributed by atoms with van der Waals surface area (Å²) >= 11 is 4.96. The van der Waals surface area contributed by atoms with Crippen molar-refractivity contribution >= 4 is 33.2 Å². The molecule has 0 spiro atoms. The minimum absolute atomic E-state index is 0.122. The van der Waals surface area contributed by atoms with Gasteiger partial charge in [0.1, 0.15) is 0 Å². The van der Waals surface area contributed by atoms with Gasteiger partial charge in [0.05, 0.1) is 27.9 Å². The normalized spacial score (nSPS) is 11.0. The van der Waals surface area contributed by atoms with Gasteiger partial charge in [-0.25, -0.2) is 4.98 Å². The number of hydrogen-bond acceptors (Lipinski definition) is 4. The molecule has 102 valence electrons. The predicted octanol–water partition coefficient (Wildman–Crippen LogP) is 3.02. The van der Waals surface area contributed by atoms with Crippen LogP contribution < -0.4 is 0 Å². The average molecular weight is 343 g/mol. The Hall–Kier alpha value is -1.21. The molecule has 0 saturated heterocycles. The van der Waals surface area contributed by atoms with E-state index in [1.165, 1.54) is 11.3 Å². The summed E-state index contributed by atoms with van der Waals surface area (Å²) in [6.45, 7) is 4.58. The Kier molecular flexibility index (Phi) is 4.36. The Labute approximate surface area is 124 Å². The molecule has 2 heterocycles. The molecule has 0 atom stereocenters. The van der Waals surface area contributed by atoms with E-state index in [1.54, 1.807) is 17.5 Å². The zero-order valence-corrected chi connectivity index (χ0v) is 13.4. The Morgan fingerprint density at radius 2 is 2.32 bits per heavy atom. The van der Waals surface area contributed by atoms with Crippen molar-refractivity contribution in [1.82, 2.24) is 20.1 Å². The maximum atomic E-state index is 12.3. The number of carbonyl (C=O) groups excluding carboxylic acids is 1. The van der Waals surface area contributed by atoms with Gasteiger partial charge in [0, 0.05) is 12.4 Å². The average Bonchev–Trinajstić information content (AvgIpc) is 2.97. The molecule has 2 rings (SSSR count). The minimum Gasteiger partial charge on any atom is -0.334 e. The number of H-pyrrole nitrogens is 1. The van der Waals surface area contributed by atoms with Crippen molar-refractivity contribution in [3.63, 3.8) is 0 Å². The standard InChI is InChI=1S/C12H15BrN4OS/c1-7(2)10-9(13)11(16-15-10)12(18)17(3)4-8-5-19-6-14-8/h5-7H,4H2,1-3H3,(H,15,16). The van der Waals surface area contributed by atoms with E-state index in [0.29, 0.717) is 12.2 Å². The third kappa shape index (κ3) is 3.03. The third-order valence-corrected chi connectivity index (χ3v) is 4.18. The molecule has 0 bridgehead atoms. The lowest BCUT2D eigenvalue weighted by Gasteiger charge is -2.14. The zero-order chi connectivity index (χ0) is 14.0. The molecule has 19 heavy (non-hydrogen) atoms. The van der Waals surface area contributed by atoms with E-state index < -0.39 is 0 Å². The SMILES string of the molecule is CC(C)c1[nH]nc(C(=O)N(C)Cc2cscn2)c1Br. The first-order valence-corrected chi connectivity index (χ1v) is 7.60. The van der Waals surface area contributed by atoms with Crippen LogP contribution in [0.15, 0.2) is 15.4 Å². The molecule has 0 saturated carbocycles. The van der Waals surface area contributed by atoms with Gasteiger partial charge < -0.3 is 4.90 Å². The summed E-state index contributed by atoms with van der Waals surface area (Å²) in [5.41, 5.74) is 4.00. The Balaban J connectivity index is 2.15. The Morgan fingerprint density at radius 3 is 2.84 bits per heavy atom. The lowest BCUT2D eigenvalue weighted by Crippen LogP contribution is -2.27. The first-order valence-electron chi connectivity index (χ1n) is 5.87. The number of nitrogens with zero attached hydrogens (tertiary/aromatic N) is 3. The molecule has 2 aromatic rings. The quantitative estimate of drug-likeness (QED) is 0.928. The second kappa shape index (κ2) is 5.83. The first-order chi connectivity index (χ1) is 9.00. The van der Waals surface area contributed by atoms with Crippen LogP contribution >= 0.6 is 27.3 Å². The molecule has 0 aromatic carbocycles. The van der Waals surface area contributed by atoms with Crippen molar-refractivity contribution in [2.75, 3.05) is 7.05 Å². The fourth-order valence-corrected chi connectivity index (χ4v) is 3.03. The van der Waals surface area contributed by atoms with Crippen LogP contribution in [0.25, 0.3) is 0 Å². The highest BCUT2D eigenvalue weighted by molar-refractivity contribution is 9.10.